The van der Waals surface area contributed by atoms with Crippen LogP contribution in [-0.4, -0.2) is 16.1 Å². The molecule has 0 aliphatic heterocycles. The van der Waals surface area contributed by atoms with Crippen LogP contribution in [0, 0.1) is 0 Å². The largest absolute Gasteiger partial charge is 0.478 e. The number of H-pyrrole nitrogens is 1. The lowest BCUT2D eigenvalue weighted by Gasteiger charge is -1.96. The van der Waals surface area contributed by atoms with Crippen molar-refractivity contribution in [3.63, 3.8) is 0 Å². The van der Waals surface area contributed by atoms with Gasteiger partial charge >= 0.3 is 5.97 Å². The molecule has 0 amide bonds. The fourth-order valence-corrected chi connectivity index (χ4v) is 1.80. The number of aromatic nitrogens is 1. The summed E-state index contributed by atoms with van der Waals surface area (Å²) in [5.41, 5.74) is 0.980. The van der Waals surface area contributed by atoms with E-state index in [-0.39, 0.29) is 5.56 Å². The number of halogens is 2. The molecule has 0 aliphatic rings. The lowest BCUT2D eigenvalue weighted by molar-refractivity contribution is 0.0699. The number of rotatable bonds is 1. The highest BCUT2D eigenvalue weighted by atomic mass is 79.9. The first-order chi connectivity index (χ1) is 6.59. The number of aromatic amines is 1. The van der Waals surface area contributed by atoms with Crippen LogP contribution in [0.2, 0.25) is 5.02 Å². The van der Waals surface area contributed by atoms with Crippen molar-refractivity contribution in [1.29, 1.82) is 0 Å². The van der Waals surface area contributed by atoms with E-state index in [2.05, 4.69) is 20.9 Å². The SMILES string of the molecule is O=C(O)c1c[nH]c2cc(Br)c(Cl)cc12. The van der Waals surface area contributed by atoms with Gasteiger partial charge in [0.25, 0.3) is 0 Å². The van der Waals surface area contributed by atoms with Crippen molar-refractivity contribution in [2.75, 3.05) is 0 Å². The van der Waals surface area contributed by atoms with Crippen LogP contribution in [0.4, 0.5) is 0 Å². The molecule has 0 fully saturated rings. The third-order valence-electron chi connectivity index (χ3n) is 1.95. The molecular weight excluding hydrogens is 269 g/mol. The van der Waals surface area contributed by atoms with Crippen LogP contribution in [0.3, 0.4) is 0 Å². The smallest absolute Gasteiger partial charge is 0.337 e. The summed E-state index contributed by atoms with van der Waals surface area (Å²) in [6, 6.07) is 3.38. The average Bonchev–Trinajstić information content (AvgIpc) is 2.48. The van der Waals surface area contributed by atoms with Crippen LogP contribution in [0.1, 0.15) is 10.4 Å². The summed E-state index contributed by atoms with van der Waals surface area (Å²) in [6.45, 7) is 0. The Labute approximate surface area is 92.8 Å². The highest BCUT2D eigenvalue weighted by molar-refractivity contribution is 9.10. The molecule has 0 radical (unpaired) electrons. The Morgan fingerprint density at radius 1 is 1.50 bits per heavy atom. The van der Waals surface area contributed by atoms with Crippen molar-refractivity contribution < 1.29 is 9.90 Å². The molecule has 0 aliphatic carbocycles. The van der Waals surface area contributed by atoms with E-state index in [9.17, 15) is 4.79 Å². The van der Waals surface area contributed by atoms with E-state index >= 15 is 0 Å². The average molecular weight is 275 g/mol. The normalized spacial score (nSPS) is 10.7. The van der Waals surface area contributed by atoms with E-state index < -0.39 is 5.97 Å². The van der Waals surface area contributed by atoms with E-state index in [1.54, 1.807) is 12.1 Å². The number of fused-ring (bicyclic) bond motifs is 1. The third kappa shape index (κ3) is 1.40. The fourth-order valence-electron chi connectivity index (χ4n) is 1.29. The molecule has 0 saturated heterocycles. The van der Waals surface area contributed by atoms with Crippen LogP contribution >= 0.6 is 27.5 Å². The predicted molar refractivity (Wildman–Crippen MR) is 58.0 cm³/mol. The van der Waals surface area contributed by atoms with Gasteiger partial charge in [0.05, 0.1) is 10.6 Å². The lowest BCUT2D eigenvalue weighted by Crippen LogP contribution is -1.93. The van der Waals surface area contributed by atoms with Gasteiger partial charge in [-0.1, -0.05) is 11.6 Å². The second-order valence-electron chi connectivity index (χ2n) is 2.82. The van der Waals surface area contributed by atoms with E-state index in [4.69, 9.17) is 16.7 Å². The van der Waals surface area contributed by atoms with Gasteiger partial charge in [-0.15, -0.1) is 0 Å². The fraction of sp³-hybridized carbons (Fsp3) is 0. The van der Waals surface area contributed by atoms with E-state index in [1.165, 1.54) is 6.20 Å². The van der Waals surface area contributed by atoms with Crippen molar-refractivity contribution in [2.45, 2.75) is 0 Å². The first kappa shape index (κ1) is 9.55. The number of nitrogens with one attached hydrogen (secondary N) is 1. The Balaban J connectivity index is 2.80. The van der Waals surface area contributed by atoms with Crippen molar-refractivity contribution in [3.8, 4) is 0 Å². The zero-order valence-electron chi connectivity index (χ0n) is 6.84. The molecule has 1 heterocycles. The number of carboxylic acids is 1. The quantitative estimate of drug-likeness (QED) is 0.838. The first-order valence-electron chi connectivity index (χ1n) is 3.79. The Morgan fingerprint density at radius 3 is 2.86 bits per heavy atom. The maximum Gasteiger partial charge on any atom is 0.337 e. The molecular formula is C9H5BrClNO2. The molecule has 0 spiro atoms. The van der Waals surface area contributed by atoms with Gasteiger partial charge in [-0.2, -0.15) is 0 Å². The van der Waals surface area contributed by atoms with E-state index in [0.717, 1.165) is 9.99 Å². The molecule has 72 valence electrons. The second kappa shape index (κ2) is 3.29. The zero-order chi connectivity index (χ0) is 10.3. The molecule has 1 aromatic heterocycles. The van der Waals surface area contributed by atoms with Gasteiger partial charge in [-0.05, 0) is 28.1 Å². The minimum absolute atomic E-state index is 0.231. The first-order valence-corrected chi connectivity index (χ1v) is 4.96. The minimum Gasteiger partial charge on any atom is -0.478 e. The van der Waals surface area contributed by atoms with Crippen LogP contribution < -0.4 is 0 Å². The molecule has 5 heteroatoms. The van der Waals surface area contributed by atoms with Crippen molar-refractivity contribution in [1.82, 2.24) is 4.98 Å². The molecule has 14 heavy (non-hydrogen) atoms. The van der Waals surface area contributed by atoms with Crippen LogP contribution in [-0.2, 0) is 0 Å². The number of benzene rings is 1. The summed E-state index contributed by atoms with van der Waals surface area (Å²) < 4.78 is 0.741. The Hall–Kier alpha value is -1.000. The van der Waals surface area contributed by atoms with Crippen LogP contribution in [0.15, 0.2) is 22.8 Å². The van der Waals surface area contributed by atoms with E-state index in [0.29, 0.717) is 10.4 Å². The lowest BCUT2D eigenvalue weighted by atomic mass is 10.2. The Kier molecular flexibility index (Phi) is 2.25. The second-order valence-corrected chi connectivity index (χ2v) is 4.08. The van der Waals surface area contributed by atoms with Crippen LogP contribution in [0.25, 0.3) is 10.9 Å². The van der Waals surface area contributed by atoms with Crippen molar-refractivity contribution >= 4 is 44.4 Å². The Morgan fingerprint density at radius 2 is 2.21 bits per heavy atom. The molecule has 0 unspecified atom stereocenters. The molecule has 2 rings (SSSR count). The van der Waals surface area contributed by atoms with Crippen molar-refractivity contribution in [2.24, 2.45) is 0 Å². The van der Waals surface area contributed by atoms with E-state index in [1.807, 2.05) is 0 Å². The predicted octanol–water partition coefficient (Wildman–Crippen LogP) is 3.28. The van der Waals surface area contributed by atoms with Gasteiger partial charge in [-0.25, -0.2) is 4.79 Å². The summed E-state index contributed by atoms with van der Waals surface area (Å²) in [7, 11) is 0. The third-order valence-corrected chi connectivity index (χ3v) is 3.15. The minimum atomic E-state index is -0.963. The maximum atomic E-state index is 10.8. The van der Waals surface area contributed by atoms with Crippen LogP contribution in [0.5, 0.6) is 0 Å². The summed E-state index contributed by atoms with van der Waals surface area (Å²) >= 11 is 9.13. The van der Waals surface area contributed by atoms with Gasteiger partial charge in [0, 0.05) is 21.6 Å². The molecule has 0 atom stereocenters. The molecule has 0 bridgehead atoms. The number of aromatic carboxylic acids is 1. The molecule has 0 saturated carbocycles. The standard InChI is InChI=1S/C9H5BrClNO2/c10-6-2-8-4(1-7(6)11)5(3-12-8)9(13)14/h1-3,12H,(H,13,14). The maximum absolute atomic E-state index is 10.8. The molecule has 3 nitrogen and oxygen atoms in total. The monoisotopic (exact) mass is 273 g/mol. The Bertz CT molecular complexity index is 521. The van der Waals surface area contributed by atoms with Crippen molar-refractivity contribution in [3.05, 3.63) is 33.4 Å². The number of hydrogen-bond donors (Lipinski definition) is 2. The highest BCUT2D eigenvalue weighted by Crippen LogP contribution is 2.29. The molecule has 2 aromatic rings. The summed E-state index contributed by atoms with van der Waals surface area (Å²) in [4.78, 5) is 13.7. The molecule has 1 aromatic carbocycles. The molecule has 2 N–H and O–H groups in total. The summed E-state index contributed by atoms with van der Waals surface area (Å²) in [5, 5.41) is 9.97. The van der Waals surface area contributed by atoms with Gasteiger partial charge < -0.3 is 10.1 Å². The summed E-state index contributed by atoms with van der Waals surface area (Å²) in [6.07, 6.45) is 1.45. The zero-order valence-corrected chi connectivity index (χ0v) is 9.19. The summed E-state index contributed by atoms with van der Waals surface area (Å²) in [5.74, 6) is -0.963. The van der Waals surface area contributed by atoms with Gasteiger partial charge in [-0.3, -0.25) is 0 Å². The number of hydrogen-bond acceptors (Lipinski definition) is 1. The van der Waals surface area contributed by atoms with Gasteiger partial charge in [0.1, 0.15) is 0 Å². The number of carbonyl (C=O) groups is 1. The highest BCUT2D eigenvalue weighted by Gasteiger charge is 2.11. The van der Waals surface area contributed by atoms with Gasteiger partial charge in [0.15, 0.2) is 0 Å². The van der Waals surface area contributed by atoms with Gasteiger partial charge in [0.2, 0.25) is 0 Å². The number of carboxylic acid groups (broad SMARTS) is 1. The topological polar surface area (TPSA) is 53.1 Å².